The van der Waals surface area contributed by atoms with E-state index in [0.717, 1.165) is 12.0 Å². The molecule has 1 N–H and O–H groups in total. The SMILES string of the molecule is CC[C@@H]1C(=O)N[C@@H]1COC(=O)[C@H](OC)c1ccccc1. The number of nitrogens with one attached hydrogen (secondary N) is 1. The second-order valence-electron chi connectivity index (χ2n) is 4.79. The highest BCUT2D eigenvalue weighted by Crippen LogP contribution is 2.21. The summed E-state index contributed by atoms with van der Waals surface area (Å²) in [7, 11) is 1.47. The lowest BCUT2D eigenvalue weighted by atomic mass is 9.89. The second-order valence-corrected chi connectivity index (χ2v) is 4.79. The van der Waals surface area contributed by atoms with Gasteiger partial charge in [-0.05, 0) is 12.0 Å². The molecule has 5 nitrogen and oxygen atoms in total. The summed E-state index contributed by atoms with van der Waals surface area (Å²) in [5, 5.41) is 2.74. The molecule has 1 aromatic carbocycles. The number of esters is 1. The van der Waals surface area contributed by atoms with Gasteiger partial charge in [0.1, 0.15) is 6.61 Å². The van der Waals surface area contributed by atoms with E-state index < -0.39 is 12.1 Å². The molecular weight excluding hydrogens is 258 g/mol. The maximum Gasteiger partial charge on any atom is 0.339 e. The first kappa shape index (κ1) is 14.5. The largest absolute Gasteiger partial charge is 0.461 e. The molecule has 0 unspecified atom stereocenters. The van der Waals surface area contributed by atoms with Crippen LogP contribution in [0.15, 0.2) is 30.3 Å². The highest BCUT2D eigenvalue weighted by molar-refractivity contribution is 5.86. The Morgan fingerprint density at radius 1 is 1.35 bits per heavy atom. The lowest BCUT2D eigenvalue weighted by molar-refractivity contribution is -0.160. The van der Waals surface area contributed by atoms with Crippen molar-refractivity contribution in [2.24, 2.45) is 5.92 Å². The molecule has 0 spiro atoms. The van der Waals surface area contributed by atoms with Gasteiger partial charge in [0, 0.05) is 7.11 Å². The Bertz CT molecular complexity index is 474. The van der Waals surface area contributed by atoms with E-state index in [1.807, 2.05) is 37.3 Å². The quantitative estimate of drug-likeness (QED) is 0.631. The van der Waals surface area contributed by atoms with Gasteiger partial charge in [0.2, 0.25) is 5.91 Å². The van der Waals surface area contributed by atoms with Crippen LogP contribution in [-0.4, -0.2) is 31.6 Å². The first-order valence-electron chi connectivity index (χ1n) is 6.72. The van der Waals surface area contributed by atoms with Crippen LogP contribution in [-0.2, 0) is 19.1 Å². The van der Waals surface area contributed by atoms with Gasteiger partial charge in [-0.25, -0.2) is 4.79 Å². The van der Waals surface area contributed by atoms with Gasteiger partial charge < -0.3 is 14.8 Å². The summed E-state index contributed by atoms with van der Waals surface area (Å²) in [6.07, 6.45) is 0.0209. The van der Waals surface area contributed by atoms with Crippen LogP contribution in [0.5, 0.6) is 0 Å². The molecule has 1 fully saturated rings. The molecule has 3 atom stereocenters. The van der Waals surface area contributed by atoms with E-state index in [-0.39, 0.29) is 24.5 Å². The number of rotatable bonds is 6. The number of hydrogen-bond donors (Lipinski definition) is 1. The molecule has 1 saturated heterocycles. The van der Waals surface area contributed by atoms with Crippen molar-refractivity contribution in [1.82, 2.24) is 5.32 Å². The third-order valence-electron chi connectivity index (χ3n) is 3.55. The Balaban J connectivity index is 1.89. The van der Waals surface area contributed by atoms with Crippen molar-refractivity contribution >= 4 is 11.9 Å². The van der Waals surface area contributed by atoms with Crippen molar-refractivity contribution in [1.29, 1.82) is 0 Å². The van der Waals surface area contributed by atoms with Crippen molar-refractivity contribution in [2.45, 2.75) is 25.5 Å². The number of hydrogen-bond acceptors (Lipinski definition) is 4. The molecule has 0 radical (unpaired) electrons. The molecule has 0 aromatic heterocycles. The van der Waals surface area contributed by atoms with Crippen LogP contribution in [0.1, 0.15) is 25.0 Å². The van der Waals surface area contributed by atoms with Crippen LogP contribution >= 0.6 is 0 Å². The van der Waals surface area contributed by atoms with E-state index >= 15 is 0 Å². The minimum Gasteiger partial charge on any atom is -0.461 e. The fraction of sp³-hybridized carbons (Fsp3) is 0.467. The number of methoxy groups -OCH3 is 1. The second kappa shape index (κ2) is 6.52. The lowest BCUT2D eigenvalue weighted by Gasteiger charge is -2.35. The maximum atomic E-state index is 12.0. The number of carbonyl (C=O) groups is 2. The minimum absolute atomic E-state index is 0.0277. The summed E-state index contributed by atoms with van der Waals surface area (Å²) >= 11 is 0. The first-order valence-corrected chi connectivity index (χ1v) is 6.72. The molecule has 108 valence electrons. The van der Waals surface area contributed by atoms with Crippen molar-refractivity contribution in [2.75, 3.05) is 13.7 Å². The van der Waals surface area contributed by atoms with E-state index in [9.17, 15) is 9.59 Å². The molecule has 2 rings (SSSR count). The third-order valence-corrected chi connectivity index (χ3v) is 3.55. The molecule has 0 aliphatic carbocycles. The summed E-state index contributed by atoms with van der Waals surface area (Å²) in [5.74, 6) is -0.463. The Morgan fingerprint density at radius 2 is 2.05 bits per heavy atom. The predicted molar refractivity (Wildman–Crippen MR) is 72.9 cm³/mol. The number of amides is 1. The van der Waals surface area contributed by atoms with Gasteiger partial charge >= 0.3 is 5.97 Å². The minimum atomic E-state index is -0.730. The Kier molecular flexibility index (Phi) is 4.74. The first-order chi connectivity index (χ1) is 9.67. The fourth-order valence-corrected chi connectivity index (χ4v) is 2.35. The summed E-state index contributed by atoms with van der Waals surface area (Å²) in [6, 6.07) is 9.11. The Labute approximate surface area is 118 Å². The molecule has 1 aromatic rings. The average Bonchev–Trinajstić information content (AvgIpc) is 2.45. The van der Waals surface area contributed by atoms with Crippen LogP contribution in [0.25, 0.3) is 0 Å². The van der Waals surface area contributed by atoms with Crippen molar-refractivity contribution in [3.63, 3.8) is 0 Å². The molecule has 0 bridgehead atoms. The molecule has 1 heterocycles. The van der Waals surface area contributed by atoms with E-state index in [2.05, 4.69) is 5.32 Å². The van der Waals surface area contributed by atoms with Gasteiger partial charge in [0.25, 0.3) is 0 Å². The zero-order chi connectivity index (χ0) is 14.5. The fourth-order valence-electron chi connectivity index (χ4n) is 2.35. The lowest BCUT2D eigenvalue weighted by Crippen LogP contribution is -2.60. The van der Waals surface area contributed by atoms with Crippen LogP contribution in [0.4, 0.5) is 0 Å². The van der Waals surface area contributed by atoms with Crippen LogP contribution in [0, 0.1) is 5.92 Å². The number of benzene rings is 1. The number of β-lactam (4-membered cyclic amide) rings is 1. The van der Waals surface area contributed by atoms with Crippen molar-refractivity contribution in [3.05, 3.63) is 35.9 Å². The van der Waals surface area contributed by atoms with Gasteiger partial charge in [0.15, 0.2) is 6.10 Å². The van der Waals surface area contributed by atoms with E-state index in [4.69, 9.17) is 9.47 Å². The average molecular weight is 277 g/mol. The van der Waals surface area contributed by atoms with Gasteiger partial charge in [-0.15, -0.1) is 0 Å². The summed E-state index contributed by atoms with van der Waals surface area (Å²) in [5.41, 5.74) is 0.754. The maximum absolute atomic E-state index is 12.0. The van der Waals surface area contributed by atoms with E-state index in [0.29, 0.717) is 0 Å². The predicted octanol–water partition coefficient (Wildman–Crippen LogP) is 1.44. The number of ether oxygens (including phenoxy) is 2. The van der Waals surface area contributed by atoms with Crippen molar-refractivity contribution < 1.29 is 19.1 Å². The van der Waals surface area contributed by atoms with Gasteiger partial charge in [-0.1, -0.05) is 37.3 Å². The van der Waals surface area contributed by atoms with Crippen LogP contribution in [0.3, 0.4) is 0 Å². The topological polar surface area (TPSA) is 64.6 Å². The highest BCUT2D eigenvalue weighted by Gasteiger charge is 2.38. The van der Waals surface area contributed by atoms with Crippen LogP contribution < -0.4 is 5.32 Å². The Hall–Kier alpha value is -1.88. The van der Waals surface area contributed by atoms with Gasteiger partial charge in [-0.3, -0.25) is 4.79 Å². The van der Waals surface area contributed by atoms with Gasteiger partial charge in [-0.2, -0.15) is 0 Å². The molecule has 1 amide bonds. The van der Waals surface area contributed by atoms with E-state index in [1.165, 1.54) is 7.11 Å². The molecular formula is C15H19NO4. The van der Waals surface area contributed by atoms with Gasteiger partial charge in [0.05, 0.1) is 12.0 Å². The molecule has 1 aliphatic heterocycles. The number of carbonyl (C=O) groups excluding carboxylic acids is 2. The van der Waals surface area contributed by atoms with Crippen LogP contribution in [0.2, 0.25) is 0 Å². The standard InChI is InChI=1S/C15H19NO4/c1-3-11-12(16-14(11)17)9-20-15(18)13(19-2)10-7-5-4-6-8-10/h4-8,11-13H,3,9H2,1-2H3,(H,16,17)/t11-,12+,13+/m0/s1. The summed E-state index contributed by atoms with van der Waals surface area (Å²) in [4.78, 5) is 23.3. The smallest absolute Gasteiger partial charge is 0.339 e. The molecule has 20 heavy (non-hydrogen) atoms. The monoisotopic (exact) mass is 277 g/mol. The third kappa shape index (κ3) is 2.99. The zero-order valence-corrected chi connectivity index (χ0v) is 11.7. The highest BCUT2D eigenvalue weighted by atomic mass is 16.6. The Morgan fingerprint density at radius 3 is 2.60 bits per heavy atom. The molecule has 5 heteroatoms. The summed E-state index contributed by atoms with van der Waals surface area (Å²) < 4.78 is 10.4. The molecule has 0 saturated carbocycles. The zero-order valence-electron chi connectivity index (χ0n) is 11.7. The normalized spacial score (nSPS) is 22.6. The molecule has 1 aliphatic rings. The summed E-state index contributed by atoms with van der Waals surface area (Å²) in [6.45, 7) is 2.13. The van der Waals surface area contributed by atoms with E-state index in [1.54, 1.807) is 0 Å². The van der Waals surface area contributed by atoms with Crippen molar-refractivity contribution in [3.8, 4) is 0 Å².